The van der Waals surface area contributed by atoms with Gasteiger partial charge in [0.05, 0.1) is 37.7 Å². The van der Waals surface area contributed by atoms with E-state index in [-0.39, 0.29) is 4.90 Å². The molecule has 1 aliphatic rings. The molecule has 3 heterocycles. The Kier molecular flexibility index (Phi) is 5.98. The molecule has 33 heavy (non-hydrogen) atoms. The first-order chi connectivity index (χ1) is 15.9. The smallest absolute Gasteiger partial charge is 0.242 e. The van der Waals surface area contributed by atoms with Crippen molar-refractivity contribution in [1.82, 2.24) is 23.7 Å². The summed E-state index contributed by atoms with van der Waals surface area (Å²) in [5.41, 5.74) is 2.80. The molecule has 1 unspecified atom stereocenters. The number of nitrogens with zero attached hydrogens (tertiary/aromatic N) is 5. The fraction of sp³-hybridized carbons (Fsp3) is 0.417. The standard InChI is InChI=1S/C24H29N5O2S2/c1-4-29-21-12-11-18(33(30,31)27(2)3)14-20(21)25-23(29)16-28-13-7-8-17(15-28)24-26-19-9-5-6-10-22(19)32-24/h5-6,9-12,14,17H,4,7-8,13,15-16H2,1-3H3. The van der Waals surface area contributed by atoms with Gasteiger partial charge in [-0.3, -0.25) is 4.90 Å². The van der Waals surface area contributed by atoms with Crippen molar-refractivity contribution in [3.63, 3.8) is 0 Å². The van der Waals surface area contributed by atoms with E-state index >= 15 is 0 Å². The fourth-order valence-corrected chi connectivity index (χ4v) is 6.69. The van der Waals surface area contributed by atoms with Crippen LogP contribution < -0.4 is 0 Å². The lowest BCUT2D eigenvalue weighted by Crippen LogP contribution is -2.34. The van der Waals surface area contributed by atoms with Crippen molar-refractivity contribution >= 4 is 42.6 Å². The van der Waals surface area contributed by atoms with Gasteiger partial charge in [-0.25, -0.2) is 22.7 Å². The number of piperidine rings is 1. The molecule has 5 rings (SSSR count). The van der Waals surface area contributed by atoms with Crippen LogP contribution >= 0.6 is 11.3 Å². The Morgan fingerprint density at radius 2 is 1.94 bits per heavy atom. The first-order valence-electron chi connectivity index (χ1n) is 11.4. The zero-order valence-corrected chi connectivity index (χ0v) is 20.9. The Balaban J connectivity index is 1.40. The minimum absolute atomic E-state index is 0.279. The summed E-state index contributed by atoms with van der Waals surface area (Å²) in [4.78, 5) is 12.5. The topological polar surface area (TPSA) is 71.3 Å². The molecule has 1 saturated heterocycles. The van der Waals surface area contributed by atoms with E-state index in [9.17, 15) is 8.42 Å². The highest BCUT2D eigenvalue weighted by Gasteiger charge is 2.26. The number of hydrogen-bond acceptors (Lipinski definition) is 6. The molecular weight excluding hydrogens is 454 g/mol. The van der Waals surface area contributed by atoms with E-state index in [2.05, 4.69) is 34.6 Å². The first-order valence-corrected chi connectivity index (χ1v) is 13.6. The number of para-hydroxylation sites is 1. The number of aromatic nitrogens is 3. The van der Waals surface area contributed by atoms with Gasteiger partial charge in [0, 0.05) is 33.1 Å². The number of fused-ring (bicyclic) bond motifs is 2. The van der Waals surface area contributed by atoms with Crippen LogP contribution in [-0.4, -0.2) is 59.3 Å². The summed E-state index contributed by atoms with van der Waals surface area (Å²) in [6, 6.07) is 13.6. The second-order valence-electron chi connectivity index (χ2n) is 8.80. The van der Waals surface area contributed by atoms with Crippen molar-refractivity contribution in [2.45, 2.75) is 43.7 Å². The Morgan fingerprint density at radius 3 is 2.70 bits per heavy atom. The third kappa shape index (κ3) is 4.19. The summed E-state index contributed by atoms with van der Waals surface area (Å²) in [6.07, 6.45) is 2.30. The van der Waals surface area contributed by atoms with Gasteiger partial charge in [0.1, 0.15) is 5.82 Å². The SMILES string of the molecule is CCn1c(CN2CCCC(c3nc4ccccc4s3)C2)nc2cc(S(=O)(=O)N(C)C)ccc21. The van der Waals surface area contributed by atoms with Crippen molar-refractivity contribution in [3.8, 4) is 0 Å². The maximum Gasteiger partial charge on any atom is 0.242 e. The number of thiazole rings is 1. The zero-order valence-electron chi connectivity index (χ0n) is 19.2. The van der Waals surface area contributed by atoms with Crippen LogP contribution in [0.5, 0.6) is 0 Å². The molecule has 2 aromatic heterocycles. The Hall–Kier alpha value is -2.33. The van der Waals surface area contributed by atoms with E-state index in [1.165, 1.54) is 14.0 Å². The third-order valence-electron chi connectivity index (χ3n) is 6.42. The summed E-state index contributed by atoms with van der Waals surface area (Å²) >= 11 is 1.81. The summed E-state index contributed by atoms with van der Waals surface area (Å²) in [6.45, 7) is 5.65. The number of sulfonamides is 1. The van der Waals surface area contributed by atoms with Crippen molar-refractivity contribution in [3.05, 3.63) is 53.3 Å². The number of hydrogen-bond donors (Lipinski definition) is 0. The van der Waals surface area contributed by atoms with E-state index < -0.39 is 10.0 Å². The molecule has 0 radical (unpaired) electrons. The van der Waals surface area contributed by atoms with Crippen molar-refractivity contribution in [2.24, 2.45) is 0 Å². The Morgan fingerprint density at radius 1 is 1.12 bits per heavy atom. The average molecular weight is 484 g/mol. The van der Waals surface area contributed by atoms with Gasteiger partial charge in [0.2, 0.25) is 10.0 Å². The van der Waals surface area contributed by atoms with Crippen LogP contribution in [0.2, 0.25) is 0 Å². The average Bonchev–Trinajstić information content (AvgIpc) is 3.39. The number of imidazole rings is 1. The van der Waals surface area contributed by atoms with Crippen molar-refractivity contribution < 1.29 is 8.42 Å². The summed E-state index contributed by atoms with van der Waals surface area (Å²) in [5, 5.41) is 1.23. The molecule has 0 N–H and O–H groups in total. The number of benzene rings is 2. The minimum atomic E-state index is -3.49. The quantitative estimate of drug-likeness (QED) is 0.409. The van der Waals surface area contributed by atoms with Gasteiger partial charge in [0.15, 0.2) is 0 Å². The monoisotopic (exact) mass is 483 g/mol. The van der Waals surface area contributed by atoms with E-state index in [1.807, 2.05) is 23.5 Å². The molecular formula is C24H29N5O2S2. The highest BCUT2D eigenvalue weighted by molar-refractivity contribution is 7.89. The molecule has 1 fully saturated rings. The van der Waals surface area contributed by atoms with Gasteiger partial charge in [-0.15, -0.1) is 11.3 Å². The second-order valence-corrected chi connectivity index (χ2v) is 12.0. The summed E-state index contributed by atoms with van der Waals surface area (Å²) < 4.78 is 29.8. The predicted octanol–water partition coefficient (Wildman–Crippen LogP) is 4.30. The third-order valence-corrected chi connectivity index (χ3v) is 9.43. The minimum Gasteiger partial charge on any atom is -0.327 e. The van der Waals surface area contributed by atoms with Crippen LogP contribution in [0, 0.1) is 0 Å². The molecule has 2 aromatic carbocycles. The van der Waals surface area contributed by atoms with Gasteiger partial charge in [0.25, 0.3) is 0 Å². The van der Waals surface area contributed by atoms with E-state index in [0.29, 0.717) is 5.92 Å². The molecule has 0 spiro atoms. The number of aryl methyl sites for hydroxylation is 1. The maximum atomic E-state index is 12.6. The van der Waals surface area contributed by atoms with Crippen LogP contribution in [0.15, 0.2) is 47.4 Å². The van der Waals surface area contributed by atoms with Crippen LogP contribution in [0.4, 0.5) is 0 Å². The van der Waals surface area contributed by atoms with E-state index in [0.717, 1.165) is 61.4 Å². The van der Waals surface area contributed by atoms with Gasteiger partial charge in [-0.05, 0) is 56.6 Å². The maximum absolute atomic E-state index is 12.6. The number of likely N-dealkylation sites (tertiary alicyclic amines) is 1. The Bertz CT molecular complexity index is 1370. The predicted molar refractivity (Wildman–Crippen MR) is 133 cm³/mol. The molecule has 1 atom stereocenters. The normalized spacial score (nSPS) is 18.0. The number of rotatable bonds is 6. The van der Waals surface area contributed by atoms with Crippen LogP contribution in [0.25, 0.3) is 21.3 Å². The molecule has 0 aliphatic carbocycles. The van der Waals surface area contributed by atoms with Gasteiger partial charge >= 0.3 is 0 Å². The van der Waals surface area contributed by atoms with Crippen LogP contribution in [-0.2, 0) is 23.1 Å². The lowest BCUT2D eigenvalue weighted by Gasteiger charge is -2.31. The van der Waals surface area contributed by atoms with Gasteiger partial charge in [-0.2, -0.15) is 0 Å². The molecule has 0 amide bonds. The molecule has 0 saturated carbocycles. The Labute approximate surface area is 198 Å². The van der Waals surface area contributed by atoms with Gasteiger partial charge in [-0.1, -0.05) is 12.1 Å². The fourth-order valence-electron chi connectivity index (χ4n) is 4.67. The molecule has 1 aliphatic heterocycles. The molecule has 7 nitrogen and oxygen atoms in total. The lowest BCUT2D eigenvalue weighted by molar-refractivity contribution is 0.194. The van der Waals surface area contributed by atoms with Crippen LogP contribution in [0.3, 0.4) is 0 Å². The van der Waals surface area contributed by atoms with Gasteiger partial charge < -0.3 is 4.57 Å². The lowest BCUT2D eigenvalue weighted by atomic mass is 9.99. The first kappa shape index (κ1) is 22.5. The summed E-state index contributed by atoms with van der Waals surface area (Å²) in [5.74, 6) is 1.42. The van der Waals surface area contributed by atoms with E-state index in [1.54, 1.807) is 26.2 Å². The van der Waals surface area contributed by atoms with E-state index in [4.69, 9.17) is 9.97 Å². The van der Waals surface area contributed by atoms with Crippen LogP contribution in [0.1, 0.15) is 36.5 Å². The second kappa shape index (κ2) is 8.79. The highest BCUT2D eigenvalue weighted by Crippen LogP contribution is 2.33. The summed E-state index contributed by atoms with van der Waals surface area (Å²) in [7, 11) is -0.388. The molecule has 4 aromatic rings. The molecule has 9 heteroatoms. The zero-order chi connectivity index (χ0) is 23.2. The molecule has 174 valence electrons. The van der Waals surface area contributed by atoms with Crippen molar-refractivity contribution in [1.29, 1.82) is 0 Å². The van der Waals surface area contributed by atoms with Crippen molar-refractivity contribution in [2.75, 3.05) is 27.2 Å². The highest BCUT2D eigenvalue weighted by atomic mass is 32.2. The molecule has 0 bridgehead atoms. The largest absolute Gasteiger partial charge is 0.327 e.